The number of piperidine rings is 1. The Labute approximate surface area is 150 Å². The summed E-state index contributed by atoms with van der Waals surface area (Å²) in [6.45, 7) is 3.87. The van der Waals surface area contributed by atoms with E-state index < -0.39 is 5.54 Å². The minimum atomic E-state index is -0.517. The van der Waals surface area contributed by atoms with Crippen LogP contribution in [0.2, 0.25) is 0 Å². The van der Waals surface area contributed by atoms with E-state index >= 15 is 0 Å². The van der Waals surface area contributed by atoms with Gasteiger partial charge in [0.05, 0.1) is 11.5 Å². The molecule has 0 spiro atoms. The summed E-state index contributed by atoms with van der Waals surface area (Å²) in [7, 11) is 0. The third kappa shape index (κ3) is 3.97. The second-order valence-electron chi connectivity index (χ2n) is 6.39. The van der Waals surface area contributed by atoms with Crippen LogP contribution in [0.15, 0.2) is 60.7 Å². The summed E-state index contributed by atoms with van der Waals surface area (Å²) in [5, 5.41) is 6.64. The van der Waals surface area contributed by atoms with E-state index in [1.807, 2.05) is 36.4 Å². The van der Waals surface area contributed by atoms with Gasteiger partial charge in [-0.1, -0.05) is 60.7 Å². The lowest BCUT2D eigenvalue weighted by molar-refractivity contribution is -0.127. The Bertz CT molecular complexity index is 600. The lowest BCUT2D eigenvalue weighted by Crippen LogP contribution is -2.49. The highest BCUT2D eigenvalue weighted by Crippen LogP contribution is 2.29. The van der Waals surface area contributed by atoms with E-state index in [0.717, 1.165) is 37.1 Å². The quantitative estimate of drug-likeness (QED) is 0.891. The molecular weight excluding hydrogens is 320 g/mol. The number of rotatable bonds is 4. The zero-order valence-corrected chi connectivity index (χ0v) is 14.8. The SMILES string of the molecule is CC(NC(=O)C1CCCNC1)(c1ccccc1)c1ccccc1.Cl. The molecular formula is C20H25ClN2O. The van der Waals surface area contributed by atoms with Gasteiger partial charge >= 0.3 is 0 Å². The zero-order valence-electron chi connectivity index (χ0n) is 14.0. The zero-order chi connectivity index (χ0) is 16.1. The van der Waals surface area contributed by atoms with Gasteiger partial charge in [0, 0.05) is 6.54 Å². The van der Waals surface area contributed by atoms with Gasteiger partial charge in [-0.25, -0.2) is 0 Å². The van der Waals surface area contributed by atoms with E-state index in [4.69, 9.17) is 0 Å². The van der Waals surface area contributed by atoms with Crippen molar-refractivity contribution in [3.05, 3.63) is 71.8 Å². The van der Waals surface area contributed by atoms with E-state index in [2.05, 4.69) is 41.8 Å². The molecule has 1 amide bonds. The van der Waals surface area contributed by atoms with Crippen LogP contribution in [-0.2, 0) is 10.3 Å². The van der Waals surface area contributed by atoms with E-state index in [1.54, 1.807) is 0 Å². The monoisotopic (exact) mass is 344 g/mol. The van der Waals surface area contributed by atoms with Gasteiger partial charge in [0.2, 0.25) is 5.91 Å². The molecule has 1 saturated heterocycles. The molecule has 3 nitrogen and oxygen atoms in total. The summed E-state index contributed by atoms with van der Waals surface area (Å²) in [5.74, 6) is 0.183. The third-order valence-corrected chi connectivity index (χ3v) is 4.74. The molecule has 1 aliphatic rings. The number of hydrogen-bond acceptors (Lipinski definition) is 2. The number of carbonyl (C=O) groups excluding carboxylic acids is 1. The molecule has 1 atom stereocenters. The maximum absolute atomic E-state index is 12.8. The van der Waals surface area contributed by atoms with Gasteiger partial charge in [-0.15, -0.1) is 12.4 Å². The normalized spacial score (nSPS) is 17.6. The molecule has 1 heterocycles. The Kier molecular flexibility index (Phi) is 6.41. The first kappa shape index (κ1) is 18.5. The van der Waals surface area contributed by atoms with Crippen molar-refractivity contribution in [2.75, 3.05) is 13.1 Å². The molecule has 4 heteroatoms. The highest BCUT2D eigenvalue weighted by atomic mass is 35.5. The number of amides is 1. The fourth-order valence-electron chi connectivity index (χ4n) is 3.28. The first-order valence-corrected chi connectivity index (χ1v) is 8.34. The Morgan fingerprint density at radius 3 is 2.04 bits per heavy atom. The molecule has 3 rings (SSSR count). The highest BCUT2D eigenvalue weighted by Gasteiger charge is 2.33. The lowest BCUT2D eigenvalue weighted by Gasteiger charge is -2.34. The van der Waals surface area contributed by atoms with Crippen LogP contribution in [0, 0.1) is 5.92 Å². The number of nitrogens with one attached hydrogen (secondary N) is 2. The van der Waals surface area contributed by atoms with Crippen molar-refractivity contribution in [1.29, 1.82) is 0 Å². The van der Waals surface area contributed by atoms with Gasteiger partial charge in [0.25, 0.3) is 0 Å². The number of halogens is 1. The average molecular weight is 345 g/mol. The van der Waals surface area contributed by atoms with E-state index in [1.165, 1.54) is 0 Å². The fourth-order valence-corrected chi connectivity index (χ4v) is 3.28. The molecule has 2 aromatic carbocycles. The Hall–Kier alpha value is -1.84. The van der Waals surface area contributed by atoms with Crippen LogP contribution in [0.5, 0.6) is 0 Å². The first-order chi connectivity index (χ1) is 11.2. The fraction of sp³-hybridized carbons (Fsp3) is 0.350. The predicted molar refractivity (Wildman–Crippen MR) is 100 cm³/mol. The van der Waals surface area contributed by atoms with Crippen LogP contribution in [-0.4, -0.2) is 19.0 Å². The van der Waals surface area contributed by atoms with Crippen molar-refractivity contribution in [3.8, 4) is 0 Å². The van der Waals surface area contributed by atoms with E-state index in [-0.39, 0.29) is 24.2 Å². The Morgan fingerprint density at radius 1 is 1.04 bits per heavy atom. The van der Waals surface area contributed by atoms with Crippen molar-refractivity contribution < 1.29 is 4.79 Å². The van der Waals surface area contributed by atoms with Crippen LogP contribution in [0.1, 0.15) is 30.9 Å². The first-order valence-electron chi connectivity index (χ1n) is 8.34. The Balaban J connectivity index is 0.00000208. The van der Waals surface area contributed by atoms with Crippen LogP contribution < -0.4 is 10.6 Å². The third-order valence-electron chi connectivity index (χ3n) is 4.74. The standard InChI is InChI=1S/C20H24N2O.ClH/c1-20(17-10-4-2-5-11-17,18-12-6-3-7-13-18)22-19(23)16-9-8-14-21-15-16;/h2-7,10-13,16,21H,8-9,14-15H2,1H3,(H,22,23);1H. The summed E-state index contributed by atoms with van der Waals surface area (Å²) < 4.78 is 0. The molecule has 2 N–H and O–H groups in total. The molecule has 1 unspecified atom stereocenters. The highest BCUT2D eigenvalue weighted by molar-refractivity contribution is 5.85. The predicted octanol–water partition coefficient (Wildman–Crippen LogP) is 3.49. The van der Waals surface area contributed by atoms with Crippen molar-refractivity contribution in [1.82, 2.24) is 10.6 Å². The van der Waals surface area contributed by atoms with Crippen LogP contribution in [0.4, 0.5) is 0 Å². The second-order valence-corrected chi connectivity index (χ2v) is 6.39. The van der Waals surface area contributed by atoms with Gasteiger partial charge < -0.3 is 10.6 Å². The smallest absolute Gasteiger partial charge is 0.225 e. The van der Waals surface area contributed by atoms with Gasteiger partial charge in [-0.3, -0.25) is 4.79 Å². The number of benzene rings is 2. The van der Waals surface area contributed by atoms with Crippen molar-refractivity contribution in [2.45, 2.75) is 25.3 Å². The lowest BCUT2D eigenvalue weighted by atomic mass is 9.83. The summed E-state index contributed by atoms with van der Waals surface area (Å²) in [5.41, 5.74) is 1.68. The minimum Gasteiger partial charge on any atom is -0.342 e. The van der Waals surface area contributed by atoms with Crippen LogP contribution in [0.25, 0.3) is 0 Å². The summed E-state index contributed by atoms with van der Waals surface area (Å²) in [6.07, 6.45) is 2.02. The molecule has 0 aliphatic carbocycles. The molecule has 1 fully saturated rings. The Morgan fingerprint density at radius 2 is 1.58 bits per heavy atom. The topological polar surface area (TPSA) is 41.1 Å². The van der Waals surface area contributed by atoms with Gasteiger partial charge in [0.1, 0.15) is 0 Å². The number of carbonyl (C=O) groups is 1. The van der Waals surface area contributed by atoms with Gasteiger partial charge in [-0.05, 0) is 37.4 Å². The number of hydrogen-bond donors (Lipinski definition) is 2. The van der Waals surface area contributed by atoms with Gasteiger partial charge in [-0.2, -0.15) is 0 Å². The van der Waals surface area contributed by atoms with Gasteiger partial charge in [0.15, 0.2) is 0 Å². The maximum atomic E-state index is 12.8. The molecule has 2 aromatic rings. The molecule has 0 saturated carbocycles. The van der Waals surface area contributed by atoms with Crippen molar-refractivity contribution >= 4 is 18.3 Å². The summed E-state index contributed by atoms with van der Waals surface area (Å²) >= 11 is 0. The minimum absolute atomic E-state index is 0. The van der Waals surface area contributed by atoms with Crippen molar-refractivity contribution in [2.24, 2.45) is 5.92 Å². The molecule has 128 valence electrons. The molecule has 24 heavy (non-hydrogen) atoms. The second kappa shape index (κ2) is 8.32. The van der Waals surface area contributed by atoms with E-state index in [0.29, 0.717) is 0 Å². The van der Waals surface area contributed by atoms with Crippen LogP contribution >= 0.6 is 12.4 Å². The van der Waals surface area contributed by atoms with Crippen LogP contribution in [0.3, 0.4) is 0 Å². The van der Waals surface area contributed by atoms with E-state index in [9.17, 15) is 4.79 Å². The molecule has 0 radical (unpaired) electrons. The maximum Gasteiger partial charge on any atom is 0.225 e. The summed E-state index contributed by atoms with van der Waals surface area (Å²) in [6, 6.07) is 20.4. The summed E-state index contributed by atoms with van der Waals surface area (Å²) in [4.78, 5) is 12.8. The average Bonchev–Trinajstić information content (AvgIpc) is 2.64. The molecule has 1 aliphatic heterocycles. The largest absolute Gasteiger partial charge is 0.342 e. The van der Waals surface area contributed by atoms with Crippen molar-refractivity contribution in [3.63, 3.8) is 0 Å². The molecule has 0 bridgehead atoms. The molecule has 0 aromatic heterocycles.